The molecular weight excluding hydrogens is 318 g/mol. The summed E-state index contributed by atoms with van der Waals surface area (Å²) in [5.41, 5.74) is 0.808. The van der Waals surface area contributed by atoms with Gasteiger partial charge in [0.15, 0.2) is 0 Å². The summed E-state index contributed by atoms with van der Waals surface area (Å²) in [7, 11) is -3.34. The van der Waals surface area contributed by atoms with E-state index in [9.17, 15) is 18.0 Å². The van der Waals surface area contributed by atoms with Crippen molar-refractivity contribution in [3.05, 3.63) is 29.8 Å². The quantitative estimate of drug-likeness (QED) is 0.612. The zero-order valence-corrected chi connectivity index (χ0v) is 14.4. The van der Waals surface area contributed by atoms with Gasteiger partial charge in [0.1, 0.15) is 0 Å². The Morgan fingerprint density at radius 3 is 2.13 bits per heavy atom. The molecule has 0 bridgehead atoms. The van der Waals surface area contributed by atoms with E-state index in [1.54, 1.807) is 0 Å². The van der Waals surface area contributed by atoms with Crippen LogP contribution in [0.1, 0.15) is 30.6 Å². The Balaban J connectivity index is 2.39. The molecule has 0 aliphatic rings. The van der Waals surface area contributed by atoms with Crippen LogP contribution in [-0.4, -0.2) is 39.6 Å². The van der Waals surface area contributed by atoms with E-state index in [0.29, 0.717) is 36.7 Å². The van der Waals surface area contributed by atoms with Gasteiger partial charge in [0.2, 0.25) is 15.9 Å². The van der Waals surface area contributed by atoms with Gasteiger partial charge in [0, 0.05) is 30.8 Å². The van der Waals surface area contributed by atoms with E-state index in [1.807, 2.05) is 13.8 Å². The number of rotatable bonds is 8. The van der Waals surface area contributed by atoms with Gasteiger partial charge in [-0.1, -0.05) is 13.8 Å². The fraction of sp³-hybridized carbons (Fsp3) is 0.467. The molecule has 7 nitrogen and oxygen atoms in total. The van der Waals surface area contributed by atoms with Gasteiger partial charge >= 0.3 is 0 Å². The highest BCUT2D eigenvalue weighted by Gasteiger charge is 2.07. The van der Waals surface area contributed by atoms with E-state index in [2.05, 4.69) is 15.4 Å². The van der Waals surface area contributed by atoms with Crippen LogP contribution in [0.25, 0.3) is 0 Å². The Morgan fingerprint density at radius 2 is 1.61 bits per heavy atom. The number of hydrogen-bond acceptors (Lipinski definition) is 4. The van der Waals surface area contributed by atoms with Gasteiger partial charge < -0.3 is 10.6 Å². The van der Waals surface area contributed by atoms with Crippen LogP contribution in [0, 0.1) is 5.92 Å². The van der Waals surface area contributed by atoms with Gasteiger partial charge in [0.25, 0.3) is 5.91 Å². The Hall–Kier alpha value is -2.09. The average Bonchev–Trinajstić information content (AvgIpc) is 2.41. The maximum atomic E-state index is 11.9. The van der Waals surface area contributed by atoms with Crippen molar-refractivity contribution >= 4 is 27.5 Å². The van der Waals surface area contributed by atoms with Crippen molar-refractivity contribution in [2.45, 2.75) is 20.3 Å². The Morgan fingerprint density at radius 1 is 1.04 bits per heavy atom. The van der Waals surface area contributed by atoms with Crippen LogP contribution >= 0.6 is 0 Å². The van der Waals surface area contributed by atoms with Crippen LogP contribution in [0.4, 0.5) is 5.69 Å². The molecular formula is C15H23N3O4S. The Labute approximate surface area is 136 Å². The van der Waals surface area contributed by atoms with Gasteiger partial charge in [-0.15, -0.1) is 0 Å². The number of sulfonamides is 1. The predicted molar refractivity (Wildman–Crippen MR) is 89.7 cm³/mol. The lowest BCUT2D eigenvalue weighted by molar-refractivity contribution is -0.121. The maximum Gasteiger partial charge on any atom is 0.251 e. The van der Waals surface area contributed by atoms with Crippen molar-refractivity contribution in [2.75, 3.05) is 24.1 Å². The SMILES string of the molecule is CC(C)CC(=O)NCCNC(=O)c1ccc(NS(C)(=O)=O)cc1. The molecule has 2 amide bonds. The molecule has 0 saturated carbocycles. The van der Waals surface area contributed by atoms with Gasteiger partial charge in [-0.25, -0.2) is 8.42 Å². The van der Waals surface area contributed by atoms with Crippen LogP contribution in [0.5, 0.6) is 0 Å². The molecule has 8 heteroatoms. The molecule has 23 heavy (non-hydrogen) atoms. The largest absolute Gasteiger partial charge is 0.354 e. The first-order valence-corrected chi connectivity index (χ1v) is 9.19. The third kappa shape index (κ3) is 8.20. The second-order valence-electron chi connectivity index (χ2n) is 5.66. The zero-order chi connectivity index (χ0) is 17.5. The number of carbonyl (C=O) groups excluding carboxylic acids is 2. The number of benzene rings is 1. The van der Waals surface area contributed by atoms with Crippen molar-refractivity contribution in [3.63, 3.8) is 0 Å². The molecule has 1 aromatic rings. The molecule has 128 valence electrons. The summed E-state index contributed by atoms with van der Waals surface area (Å²) < 4.78 is 24.5. The number of amides is 2. The summed E-state index contributed by atoms with van der Waals surface area (Å²) in [6, 6.07) is 6.08. The fourth-order valence-corrected chi connectivity index (χ4v) is 2.39. The molecule has 0 unspecified atom stereocenters. The number of carbonyl (C=O) groups is 2. The molecule has 0 aliphatic heterocycles. The Kier molecular flexibility index (Phi) is 7.02. The van der Waals surface area contributed by atoms with E-state index in [4.69, 9.17) is 0 Å². The second kappa shape index (κ2) is 8.52. The summed E-state index contributed by atoms with van der Waals surface area (Å²) in [5.74, 6) is -0.0249. The minimum atomic E-state index is -3.34. The highest BCUT2D eigenvalue weighted by molar-refractivity contribution is 7.92. The van der Waals surface area contributed by atoms with Gasteiger partial charge in [0.05, 0.1) is 6.26 Å². The first-order chi connectivity index (χ1) is 10.7. The standard InChI is InChI=1S/C15H23N3O4S/c1-11(2)10-14(19)16-8-9-17-15(20)12-4-6-13(7-5-12)18-23(3,21)22/h4-7,11,18H,8-10H2,1-3H3,(H,16,19)(H,17,20). The molecule has 0 aliphatic carbocycles. The number of nitrogens with one attached hydrogen (secondary N) is 3. The summed E-state index contributed by atoms with van der Waals surface area (Å²) in [4.78, 5) is 23.3. The maximum absolute atomic E-state index is 11.9. The first-order valence-electron chi connectivity index (χ1n) is 7.30. The van der Waals surface area contributed by atoms with Crippen molar-refractivity contribution in [3.8, 4) is 0 Å². The minimum Gasteiger partial charge on any atom is -0.354 e. The molecule has 0 atom stereocenters. The van der Waals surface area contributed by atoms with E-state index in [1.165, 1.54) is 24.3 Å². The van der Waals surface area contributed by atoms with E-state index >= 15 is 0 Å². The third-order valence-corrected chi connectivity index (χ3v) is 3.38. The Bertz CT molecular complexity index is 639. The van der Waals surface area contributed by atoms with Crippen molar-refractivity contribution in [2.24, 2.45) is 5.92 Å². The summed E-state index contributed by atoms with van der Waals surface area (Å²) in [6.07, 6.45) is 1.52. The van der Waals surface area contributed by atoms with Crippen molar-refractivity contribution in [1.29, 1.82) is 0 Å². The van der Waals surface area contributed by atoms with Crippen LogP contribution in [-0.2, 0) is 14.8 Å². The first kappa shape index (κ1) is 19.0. The fourth-order valence-electron chi connectivity index (χ4n) is 1.83. The molecule has 1 aromatic carbocycles. The lowest BCUT2D eigenvalue weighted by Crippen LogP contribution is -2.35. The molecule has 0 heterocycles. The van der Waals surface area contributed by atoms with Crippen LogP contribution < -0.4 is 15.4 Å². The normalized spacial score (nSPS) is 11.1. The zero-order valence-electron chi connectivity index (χ0n) is 13.5. The monoisotopic (exact) mass is 341 g/mol. The highest BCUT2D eigenvalue weighted by Crippen LogP contribution is 2.10. The smallest absolute Gasteiger partial charge is 0.251 e. The predicted octanol–water partition coefficient (Wildman–Crippen LogP) is 0.950. The van der Waals surface area contributed by atoms with Crippen LogP contribution in [0.3, 0.4) is 0 Å². The molecule has 3 N–H and O–H groups in total. The summed E-state index contributed by atoms with van der Waals surface area (Å²) in [5, 5.41) is 5.41. The van der Waals surface area contributed by atoms with Gasteiger partial charge in [-0.05, 0) is 30.2 Å². The van der Waals surface area contributed by atoms with Crippen molar-refractivity contribution < 1.29 is 18.0 Å². The molecule has 0 saturated heterocycles. The number of hydrogen-bond donors (Lipinski definition) is 3. The van der Waals surface area contributed by atoms with Crippen LogP contribution in [0.15, 0.2) is 24.3 Å². The van der Waals surface area contributed by atoms with Crippen LogP contribution in [0.2, 0.25) is 0 Å². The van der Waals surface area contributed by atoms with E-state index < -0.39 is 10.0 Å². The van der Waals surface area contributed by atoms with E-state index in [0.717, 1.165) is 6.26 Å². The molecule has 0 fully saturated rings. The van der Waals surface area contributed by atoms with E-state index in [-0.39, 0.29) is 11.8 Å². The molecule has 0 aromatic heterocycles. The minimum absolute atomic E-state index is 0.0366. The lowest BCUT2D eigenvalue weighted by atomic mass is 10.1. The third-order valence-electron chi connectivity index (χ3n) is 2.78. The summed E-state index contributed by atoms with van der Waals surface area (Å²) in [6.45, 7) is 4.62. The van der Waals surface area contributed by atoms with Crippen molar-refractivity contribution in [1.82, 2.24) is 10.6 Å². The number of anilines is 1. The lowest BCUT2D eigenvalue weighted by Gasteiger charge is -2.09. The molecule has 0 radical (unpaired) electrons. The molecule has 0 spiro atoms. The van der Waals surface area contributed by atoms with Gasteiger partial charge in [-0.3, -0.25) is 14.3 Å². The second-order valence-corrected chi connectivity index (χ2v) is 7.40. The molecule has 1 rings (SSSR count). The topological polar surface area (TPSA) is 104 Å². The summed E-state index contributed by atoms with van der Waals surface area (Å²) >= 11 is 0. The highest BCUT2D eigenvalue weighted by atomic mass is 32.2. The van der Waals surface area contributed by atoms with Gasteiger partial charge in [-0.2, -0.15) is 0 Å². The average molecular weight is 341 g/mol.